The fraction of sp³-hybridized carbons (Fsp3) is 0.524. The summed E-state index contributed by atoms with van der Waals surface area (Å²) >= 11 is 0. The summed E-state index contributed by atoms with van der Waals surface area (Å²) in [4.78, 5) is 41.7. The highest BCUT2D eigenvalue weighted by Crippen LogP contribution is 2.37. The Morgan fingerprint density at radius 3 is 2.30 bits per heavy atom. The number of anilines is 1. The summed E-state index contributed by atoms with van der Waals surface area (Å²) in [6.45, 7) is 0. The van der Waals surface area contributed by atoms with Crippen LogP contribution in [0.25, 0.3) is 0 Å². The Labute approximate surface area is 158 Å². The highest BCUT2D eigenvalue weighted by atomic mass is 16.2. The summed E-state index contributed by atoms with van der Waals surface area (Å²) in [6.07, 6.45) is 6.93. The van der Waals surface area contributed by atoms with Crippen molar-refractivity contribution in [3.8, 4) is 6.07 Å². The number of rotatable bonds is 4. The fourth-order valence-electron chi connectivity index (χ4n) is 4.29. The SMILES string of the molecule is N#Cc1ccc(N2C(=O)CC(N(C(=O)C3CCCCC3)C3CC3)C2=O)cc1. The molecule has 27 heavy (non-hydrogen) atoms. The molecular formula is C21H23N3O3. The smallest absolute Gasteiger partial charge is 0.257 e. The minimum atomic E-state index is -0.685. The van der Waals surface area contributed by atoms with Crippen molar-refractivity contribution in [2.45, 2.75) is 63.5 Å². The number of hydrogen-bond acceptors (Lipinski definition) is 4. The van der Waals surface area contributed by atoms with Gasteiger partial charge in [-0.2, -0.15) is 5.26 Å². The van der Waals surface area contributed by atoms with Crippen LogP contribution >= 0.6 is 0 Å². The lowest BCUT2D eigenvalue weighted by atomic mass is 9.88. The maximum absolute atomic E-state index is 13.2. The largest absolute Gasteiger partial charge is 0.327 e. The Bertz CT molecular complexity index is 801. The van der Waals surface area contributed by atoms with E-state index < -0.39 is 6.04 Å². The molecular weight excluding hydrogens is 342 g/mol. The van der Waals surface area contributed by atoms with Crippen molar-refractivity contribution in [2.24, 2.45) is 5.92 Å². The molecule has 1 unspecified atom stereocenters. The van der Waals surface area contributed by atoms with E-state index in [4.69, 9.17) is 5.26 Å². The van der Waals surface area contributed by atoms with Gasteiger partial charge in [0.05, 0.1) is 23.7 Å². The molecule has 3 aliphatic rings. The summed E-state index contributed by atoms with van der Waals surface area (Å²) < 4.78 is 0. The van der Waals surface area contributed by atoms with Crippen molar-refractivity contribution in [3.63, 3.8) is 0 Å². The number of nitriles is 1. The average molecular weight is 365 g/mol. The van der Waals surface area contributed by atoms with Crippen molar-refractivity contribution in [3.05, 3.63) is 29.8 Å². The zero-order valence-electron chi connectivity index (χ0n) is 15.3. The third-order valence-electron chi connectivity index (χ3n) is 5.86. The van der Waals surface area contributed by atoms with Gasteiger partial charge in [-0.05, 0) is 49.9 Å². The predicted molar refractivity (Wildman–Crippen MR) is 98.5 cm³/mol. The molecule has 0 bridgehead atoms. The maximum Gasteiger partial charge on any atom is 0.257 e. The summed E-state index contributed by atoms with van der Waals surface area (Å²) in [6, 6.07) is 7.85. The van der Waals surface area contributed by atoms with E-state index in [2.05, 4.69) is 0 Å². The molecule has 3 amide bonds. The van der Waals surface area contributed by atoms with E-state index in [-0.39, 0.29) is 36.1 Å². The van der Waals surface area contributed by atoms with Gasteiger partial charge in [-0.15, -0.1) is 0 Å². The minimum Gasteiger partial charge on any atom is -0.327 e. The lowest BCUT2D eigenvalue weighted by molar-refractivity contribution is -0.143. The second-order valence-electron chi connectivity index (χ2n) is 7.76. The lowest BCUT2D eigenvalue weighted by Crippen LogP contribution is -2.49. The molecule has 6 heteroatoms. The van der Waals surface area contributed by atoms with E-state index in [1.165, 1.54) is 11.3 Å². The molecule has 0 radical (unpaired) electrons. The van der Waals surface area contributed by atoms with Crippen LogP contribution in [0, 0.1) is 17.2 Å². The van der Waals surface area contributed by atoms with Crippen molar-refractivity contribution < 1.29 is 14.4 Å². The van der Waals surface area contributed by atoms with E-state index in [1.54, 1.807) is 29.2 Å². The van der Waals surface area contributed by atoms with Gasteiger partial charge < -0.3 is 4.90 Å². The minimum absolute atomic E-state index is 0.00814. The van der Waals surface area contributed by atoms with Crippen LogP contribution in [0.2, 0.25) is 0 Å². The third-order valence-corrected chi connectivity index (χ3v) is 5.86. The zero-order chi connectivity index (χ0) is 19.0. The summed E-state index contributed by atoms with van der Waals surface area (Å²) in [5.41, 5.74) is 0.939. The number of carbonyl (C=O) groups is 3. The van der Waals surface area contributed by atoms with Crippen molar-refractivity contribution in [2.75, 3.05) is 4.90 Å². The van der Waals surface area contributed by atoms with Crippen LogP contribution in [-0.4, -0.2) is 34.7 Å². The summed E-state index contributed by atoms with van der Waals surface area (Å²) in [5, 5.41) is 8.92. The van der Waals surface area contributed by atoms with Crippen molar-refractivity contribution in [1.29, 1.82) is 5.26 Å². The maximum atomic E-state index is 13.2. The van der Waals surface area contributed by atoms with Crippen LogP contribution in [0.3, 0.4) is 0 Å². The van der Waals surface area contributed by atoms with Crippen LogP contribution in [0.1, 0.15) is 56.9 Å². The van der Waals surface area contributed by atoms with E-state index in [0.29, 0.717) is 11.3 Å². The van der Waals surface area contributed by atoms with Gasteiger partial charge in [-0.1, -0.05) is 19.3 Å². The quantitative estimate of drug-likeness (QED) is 0.768. The molecule has 2 saturated carbocycles. The first-order valence-electron chi connectivity index (χ1n) is 9.79. The van der Waals surface area contributed by atoms with Gasteiger partial charge in [0.25, 0.3) is 5.91 Å². The van der Waals surface area contributed by atoms with Gasteiger partial charge in [-0.25, -0.2) is 4.90 Å². The van der Waals surface area contributed by atoms with Crippen LogP contribution in [0.4, 0.5) is 5.69 Å². The Morgan fingerprint density at radius 2 is 1.70 bits per heavy atom. The Morgan fingerprint density at radius 1 is 1.04 bits per heavy atom. The van der Waals surface area contributed by atoms with Gasteiger partial charge in [-0.3, -0.25) is 14.4 Å². The standard InChI is InChI=1S/C21H23N3O3/c22-13-14-6-8-17(9-7-14)24-19(25)12-18(21(24)27)23(16-10-11-16)20(26)15-4-2-1-3-5-15/h6-9,15-16,18H,1-5,10-12H2. The molecule has 0 aromatic heterocycles. The van der Waals surface area contributed by atoms with Gasteiger partial charge in [0.15, 0.2) is 0 Å². The molecule has 1 aromatic rings. The number of imide groups is 1. The summed E-state index contributed by atoms with van der Waals surface area (Å²) in [7, 11) is 0. The van der Waals surface area contributed by atoms with E-state index in [0.717, 1.165) is 38.5 Å². The number of nitrogens with zero attached hydrogens (tertiary/aromatic N) is 3. The molecule has 4 rings (SSSR count). The zero-order valence-corrected chi connectivity index (χ0v) is 15.3. The lowest BCUT2D eigenvalue weighted by Gasteiger charge is -2.32. The number of hydrogen-bond donors (Lipinski definition) is 0. The molecule has 0 N–H and O–H groups in total. The molecule has 6 nitrogen and oxygen atoms in total. The second-order valence-corrected chi connectivity index (χ2v) is 7.76. The molecule has 1 aromatic carbocycles. The van der Waals surface area contributed by atoms with Gasteiger partial charge in [0, 0.05) is 12.0 Å². The molecule has 1 aliphatic heterocycles. The number of benzene rings is 1. The Kier molecular flexibility index (Phi) is 4.69. The number of carbonyl (C=O) groups excluding carboxylic acids is 3. The number of amides is 3. The van der Waals surface area contributed by atoms with E-state index in [9.17, 15) is 14.4 Å². The normalized spacial score (nSPS) is 23.4. The molecule has 0 spiro atoms. The first-order chi connectivity index (χ1) is 13.1. The molecule has 2 aliphatic carbocycles. The van der Waals surface area contributed by atoms with Gasteiger partial charge >= 0.3 is 0 Å². The van der Waals surface area contributed by atoms with Gasteiger partial charge in [0.2, 0.25) is 11.8 Å². The first-order valence-corrected chi connectivity index (χ1v) is 9.79. The third kappa shape index (κ3) is 3.34. The molecule has 1 atom stereocenters. The molecule has 1 heterocycles. The first kappa shape index (κ1) is 17.7. The predicted octanol–water partition coefficient (Wildman–Crippen LogP) is 2.76. The highest BCUT2D eigenvalue weighted by Gasteiger charge is 2.49. The fourth-order valence-corrected chi connectivity index (χ4v) is 4.29. The van der Waals surface area contributed by atoms with Crippen LogP contribution < -0.4 is 4.90 Å². The average Bonchev–Trinajstić information content (AvgIpc) is 3.49. The van der Waals surface area contributed by atoms with Crippen LogP contribution in [0.5, 0.6) is 0 Å². The van der Waals surface area contributed by atoms with Crippen LogP contribution in [0.15, 0.2) is 24.3 Å². The second kappa shape index (κ2) is 7.15. The Balaban J connectivity index is 1.57. The Hall–Kier alpha value is -2.68. The summed E-state index contributed by atoms with van der Waals surface area (Å²) in [5.74, 6) is -0.547. The molecule has 140 valence electrons. The van der Waals surface area contributed by atoms with Gasteiger partial charge in [0.1, 0.15) is 6.04 Å². The molecule has 3 fully saturated rings. The van der Waals surface area contributed by atoms with E-state index >= 15 is 0 Å². The van der Waals surface area contributed by atoms with E-state index in [1.807, 2.05) is 6.07 Å². The monoisotopic (exact) mass is 365 g/mol. The topological polar surface area (TPSA) is 81.5 Å². The van der Waals surface area contributed by atoms with Crippen molar-refractivity contribution >= 4 is 23.4 Å². The highest BCUT2D eigenvalue weighted by molar-refractivity contribution is 6.23. The molecule has 1 saturated heterocycles. The van der Waals surface area contributed by atoms with Crippen molar-refractivity contribution in [1.82, 2.24) is 4.90 Å². The van der Waals surface area contributed by atoms with Crippen LogP contribution in [-0.2, 0) is 14.4 Å².